The minimum Gasteiger partial charge on any atom is -0.497 e. The van der Waals surface area contributed by atoms with E-state index in [0.29, 0.717) is 30.0 Å². The Bertz CT molecular complexity index is 759. The lowest BCUT2D eigenvalue weighted by molar-refractivity contribution is -0.385. The Labute approximate surface area is 145 Å². The Morgan fingerprint density at radius 1 is 1.16 bits per heavy atom. The molecule has 1 amide bonds. The van der Waals surface area contributed by atoms with Crippen molar-refractivity contribution in [2.75, 3.05) is 27.3 Å². The zero-order chi connectivity index (χ0) is 18.4. The number of hydrogen-bond donors (Lipinski definition) is 0. The van der Waals surface area contributed by atoms with Crippen molar-refractivity contribution in [2.24, 2.45) is 0 Å². The van der Waals surface area contributed by atoms with Crippen LogP contribution < -0.4 is 9.47 Å². The lowest BCUT2D eigenvalue weighted by Crippen LogP contribution is -2.30. The van der Waals surface area contributed by atoms with Crippen LogP contribution in [0.1, 0.15) is 15.9 Å². The maximum atomic E-state index is 12.4. The summed E-state index contributed by atoms with van der Waals surface area (Å²) in [6, 6.07) is 11.5. The highest BCUT2D eigenvalue weighted by Gasteiger charge is 2.16. The molecule has 0 saturated heterocycles. The van der Waals surface area contributed by atoms with Crippen LogP contribution in [0.25, 0.3) is 0 Å². The summed E-state index contributed by atoms with van der Waals surface area (Å²) in [6.45, 7) is 2.34. The van der Waals surface area contributed by atoms with Crippen LogP contribution in [0.5, 0.6) is 11.5 Å². The molecule has 2 aromatic carbocycles. The summed E-state index contributed by atoms with van der Waals surface area (Å²) in [7, 11) is 3.26. The number of rotatable bonds is 7. The summed E-state index contributed by atoms with van der Waals surface area (Å²) in [5.41, 5.74) is 0.871. The first kappa shape index (κ1) is 18.3. The quantitative estimate of drug-likeness (QED) is 0.569. The number of carbonyl (C=O) groups is 1. The Hall–Kier alpha value is -3.09. The second-order valence-corrected chi connectivity index (χ2v) is 5.51. The van der Waals surface area contributed by atoms with E-state index in [1.807, 2.05) is 0 Å². The molecule has 0 radical (unpaired) electrons. The SMILES string of the molecule is COc1ccc(OCCN(C)C(=O)c2ccc([N+](=O)[O-])c(C)c2)cc1. The smallest absolute Gasteiger partial charge is 0.272 e. The van der Waals surface area contributed by atoms with E-state index in [1.165, 1.54) is 23.1 Å². The number of nitro benzene ring substituents is 1. The van der Waals surface area contributed by atoms with Gasteiger partial charge >= 0.3 is 0 Å². The van der Waals surface area contributed by atoms with Gasteiger partial charge in [0.25, 0.3) is 11.6 Å². The molecule has 0 heterocycles. The van der Waals surface area contributed by atoms with Crippen LogP contribution in [0, 0.1) is 17.0 Å². The fourth-order valence-electron chi connectivity index (χ4n) is 2.29. The maximum absolute atomic E-state index is 12.4. The van der Waals surface area contributed by atoms with Crippen LogP contribution >= 0.6 is 0 Å². The molecule has 0 unspecified atom stereocenters. The Balaban J connectivity index is 1.91. The van der Waals surface area contributed by atoms with Gasteiger partial charge < -0.3 is 14.4 Å². The predicted molar refractivity (Wildman–Crippen MR) is 93.3 cm³/mol. The van der Waals surface area contributed by atoms with E-state index < -0.39 is 4.92 Å². The van der Waals surface area contributed by atoms with E-state index in [9.17, 15) is 14.9 Å². The average molecular weight is 344 g/mol. The van der Waals surface area contributed by atoms with Gasteiger partial charge in [0.2, 0.25) is 0 Å². The van der Waals surface area contributed by atoms with Gasteiger partial charge in [0, 0.05) is 24.2 Å². The molecular formula is C18H20N2O5. The molecule has 0 bridgehead atoms. The molecule has 0 spiro atoms. The predicted octanol–water partition coefficient (Wildman–Crippen LogP) is 3.06. The van der Waals surface area contributed by atoms with E-state index >= 15 is 0 Å². The molecule has 0 N–H and O–H groups in total. The van der Waals surface area contributed by atoms with Crippen LogP contribution in [0.4, 0.5) is 5.69 Å². The highest BCUT2D eigenvalue weighted by molar-refractivity contribution is 5.94. The number of benzene rings is 2. The average Bonchev–Trinajstić information content (AvgIpc) is 2.61. The Morgan fingerprint density at radius 3 is 2.36 bits per heavy atom. The summed E-state index contributed by atoms with van der Waals surface area (Å²) in [4.78, 5) is 24.3. The second-order valence-electron chi connectivity index (χ2n) is 5.51. The van der Waals surface area contributed by atoms with E-state index in [2.05, 4.69) is 0 Å². The van der Waals surface area contributed by atoms with E-state index in [-0.39, 0.29) is 11.6 Å². The van der Waals surface area contributed by atoms with Crippen molar-refractivity contribution in [3.05, 3.63) is 63.7 Å². The number of amides is 1. The van der Waals surface area contributed by atoms with Crippen molar-refractivity contribution in [1.82, 2.24) is 4.90 Å². The maximum Gasteiger partial charge on any atom is 0.272 e. The molecule has 0 aromatic heterocycles. The summed E-state index contributed by atoms with van der Waals surface area (Å²) >= 11 is 0. The van der Waals surface area contributed by atoms with Gasteiger partial charge in [-0.25, -0.2) is 0 Å². The van der Waals surface area contributed by atoms with Gasteiger partial charge in [-0.05, 0) is 43.3 Å². The number of ether oxygens (including phenoxy) is 2. The number of aryl methyl sites for hydroxylation is 1. The summed E-state index contributed by atoms with van der Waals surface area (Å²) in [6.07, 6.45) is 0. The van der Waals surface area contributed by atoms with Crippen molar-refractivity contribution in [3.63, 3.8) is 0 Å². The van der Waals surface area contributed by atoms with E-state index in [0.717, 1.165) is 5.75 Å². The molecule has 132 valence electrons. The van der Waals surface area contributed by atoms with Crippen LogP contribution in [-0.2, 0) is 0 Å². The first-order valence-corrected chi connectivity index (χ1v) is 7.69. The first-order chi connectivity index (χ1) is 11.9. The highest BCUT2D eigenvalue weighted by Crippen LogP contribution is 2.20. The minimum absolute atomic E-state index is 0.00189. The minimum atomic E-state index is -0.462. The Kier molecular flexibility index (Phi) is 5.94. The molecule has 0 aliphatic rings. The topological polar surface area (TPSA) is 81.9 Å². The summed E-state index contributed by atoms with van der Waals surface area (Å²) < 4.78 is 10.7. The first-order valence-electron chi connectivity index (χ1n) is 7.69. The van der Waals surface area contributed by atoms with E-state index in [4.69, 9.17) is 9.47 Å². The molecule has 2 aromatic rings. The zero-order valence-corrected chi connectivity index (χ0v) is 14.4. The van der Waals surface area contributed by atoms with Gasteiger partial charge in [0.15, 0.2) is 0 Å². The Morgan fingerprint density at radius 2 is 1.80 bits per heavy atom. The summed E-state index contributed by atoms with van der Waals surface area (Å²) in [5, 5.41) is 10.8. The molecule has 7 nitrogen and oxygen atoms in total. The third-order valence-electron chi connectivity index (χ3n) is 3.74. The van der Waals surface area contributed by atoms with Crippen LogP contribution in [-0.4, -0.2) is 43.0 Å². The number of nitrogens with zero attached hydrogens (tertiary/aromatic N) is 2. The zero-order valence-electron chi connectivity index (χ0n) is 14.4. The number of likely N-dealkylation sites (N-methyl/N-ethyl adjacent to an activating group) is 1. The van der Waals surface area contributed by atoms with Crippen LogP contribution in [0.3, 0.4) is 0 Å². The monoisotopic (exact) mass is 344 g/mol. The summed E-state index contributed by atoms with van der Waals surface area (Å²) in [5.74, 6) is 1.22. The molecule has 7 heteroatoms. The molecule has 0 aliphatic heterocycles. The van der Waals surface area contributed by atoms with Gasteiger partial charge in [0.1, 0.15) is 18.1 Å². The van der Waals surface area contributed by atoms with Crippen molar-refractivity contribution < 1.29 is 19.2 Å². The standard InChI is InChI=1S/C18H20N2O5/c1-13-12-14(4-9-17(13)20(22)23)18(21)19(2)10-11-25-16-7-5-15(24-3)6-8-16/h4-9,12H,10-11H2,1-3H3. The van der Waals surface area contributed by atoms with Gasteiger partial charge in [-0.1, -0.05) is 0 Å². The van der Waals surface area contributed by atoms with Crippen molar-refractivity contribution >= 4 is 11.6 Å². The molecule has 0 fully saturated rings. The fraction of sp³-hybridized carbons (Fsp3) is 0.278. The number of methoxy groups -OCH3 is 1. The lowest BCUT2D eigenvalue weighted by Gasteiger charge is -2.18. The third-order valence-corrected chi connectivity index (χ3v) is 3.74. The number of carbonyl (C=O) groups excluding carboxylic acids is 1. The van der Waals surface area contributed by atoms with Crippen molar-refractivity contribution in [1.29, 1.82) is 0 Å². The van der Waals surface area contributed by atoms with Gasteiger partial charge in [-0.2, -0.15) is 0 Å². The lowest BCUT2D eigenvalue weighted by atomic mass is 10.1. The molecule has 0 saturated carbocycles. The third kappa shape index (κ3) is 4.69. The van der Waals surface area contributed by atoms with Crippen LogP contribution in [0.2, 0.25) is 0 Å². The molecular weight excluding hydrogens is 324 g/mol. The van der Waals surface area contributed by atoms with E-state index in [1.54, 1.807) is 45.3 Å². The number of hydrogen-bond acceptors (Lipinski definition) is 5. The van der Waals surface area contributed by atoms with Gasteiger partial charge in [-0.15, -0.1) is 0 Å². The van der Waals surface area contributed by atoms with Gasteiger partial charge in [-0.3, -0.25) is 14.9 Å². The second kappa shape index (κ2) is 8.14. The highest BCUT2D eigenvalue weighted by atomic mass is 16.6. The van der Waals surface area contributed by atoms with Gasteiger partial charge in [0.05, 0.1) is 18.6 Å². The van der Waals surface area contributed by atoms with Crippen LogP contribution in [0.15, 0.2) is 42.5 Å². The molecule has 2 rings (SSSR count). The fourth-order valence-corrected chi connectivity index (χ4v) is 2.29. The molecule has 25 heavy (non-hydrogen) atoms. The van der Waals surface area contributed by atoms with Crippen molar-refractivity contribution in [3.8, 4) is 11.5 Å². The number of nitro groups is 1. The largest absolute Gasteiger partial charge is 0.497 e. The molecule has 0 atom stereocenters. The normalized spacial score (nSPS) is 10.2. The van der Waals surface area contributed by atoms with Crippen molar-refractivity contribution in [2.45, 2.75) is 6.92 Å². The molecule has 0 aliphatic carbocycles.